The molecule has 0 saturated heterocycles. The first-order valence-electron chi connectivity index (χ1n) is 18.7. The van der Waals surface area contributed by atoms with Gasteiger partial charge in [0.15, 0.2) is 0 Å². The van der Waals surface area contributed by atoms with E-state index in [1.54, 1.807) is 0 Å². The molecule has 0 aliphatic rings. The molecule has 0 aromatic heterocycles. The van der Waals surface area contributed by atoms with Crippen LogP contribution in [0.5, 0.6) is 0 Å². The second kappa shape index (κ2) is 42.4. The number of nitrogens with one attached hydrogen (secondary N) is 1. The van der Waals surface area contributed by atoms with Crippen molar-refractivity contribution in [3.8, 4) is 0 Å². The van der Waals surface area contributed by atoms with Gasteiger partial charge in [0.2, 0.25) is 0 Å². The van der Waals surface area contributed by atoms with Crippen molar-refractivity contribution < 1.29 is 0 Å². The lowest BCUT2D eigenvalue weighted by molar-refractivity contribution is 0.515. The van der Waals surface area contributed by atoms with Gasteiger partial charge in [-0.2, -0.15) is 0 Å². The molecule has 2 heteroatoms. The summed E-state index contributed by atoms with van der Waals surface area (Å²) in [6, 6.07) is 0. The van der Waals surface area contributed by atoms with Crippen LogP contribution >= 0.6 is 0 Å². The van der Waals surface area contributed by atoms with E-state index in [-0.39, 0.29) is 0 Å². The minimum absolute atomic E-state index is 1.25. The quantitative estimate of drug-likeness (QED) is 0.0779. The second-order valence-corrected chi connectivity index (χ2v) is 12.4. The first-order valence-corrected chi connectivity index (χ1v) is 18.7. The molecule has 0 aliphatic carbocycles. The zero-order valence-electron chi connectivity index (χ0n) is 28.1. The fourth-order valence-electron chi connectivity index (χ4n) is 5.72. The van der Waals surface area contributed by atoms with Crippen molar-refractivity contribution in [2.75, 3.05) is 20.1 Å². The van der Waals surface area contributed by atoms with E-state index in [2.05, 4.69) is 24.9 Å². The Morgan fingerprint density at radius 2 is 0.410 bits per heavy atom. The molecule has 0 saturated carbocycles. The van der Waals surface area contributed by atoms with Crippen molar-refractivity contribution in [1.82, 2.24) is 5.32 Å². The van der Waals surface area contributed by atoms with Crippen LogP contribution in [0.15, 0.2) is 0 Å². The molecule has 0 heterocycles. The van der Waals surface area contributed by atoms with E-state index >= 15 is 0 Å². The van der Waals surface area contributed by atoms with Crippen LogP contribution < -0.4 is 11.1 Å². The molecule has 0 unspecified atom stereocenters. The molecular weight excluding hydrogens is 472 g/mol. The standard InChI is InChI=1S/C36H75N.CH5N/c1-3-5-7-9-11-13-15-17-19-21-23-25-27-29-31-33-35-37-36-34-32-30-28-26-24-22-20-18-16-14-12-10-8-6-4-2;1-2/h37H,3-36H2,1-2H3;2H2,1H3. The van der Waals surface area contributed by atoms with Crippen LogP contribution in [0, 0.1) is 0 Å². The molecule has 2 nitrogen and oxygen atoms in total. The highest BCUT2D eigenvalue weighted by molar-refractivity contribution is 4.54. The van der Waals surface area contributed by atoms with E-state index in [1.165, 1.54) is 226 Å². The lowest BCUT2D eigenvalue weighted by Crippen LogP contribution is -2.16. The van der Waals surface area contributed by atoms with Crippen molar-refractivity contribution in [3.05, 3.63) is 0 Å². The summed E-state index contributed by atoms with van der Waals surface area (Å²) in [5.41, 5.74) is 4.50. The SMILES string of the molecule is CCCCCCCCCCCCCCCCCCNCCCCCCCCCCCCCCCCCC.CN. The van der Waals surface area contributed by atoms with E-state index in [4.69, 9.17) is 0 Å². The monoisotopic (exact) mass is 553 g/mol. The molecule has 0 atom stereocenters. The molecule has 0 aliphatic heterocycles. The van der Waals surface area contributed by atoms with E-state index in [9.17, 15) is 0 Å². The first kappa shape index (κ1) is 41.1. The fourth-order valence-corrected chi connectivity index (χ4v) is 5.72. The van der Waals surface area contributed by atoms with Crippen molar-refractivity contribution in [1.29, 1.82) is 0 Å². The Hall–Kier alpha value is -0.0800. The number of rotatable bonds is 34. The highest BCUT2D eigenvalue weighted by atomic mass is 14.8. The molecule has 0 radical (unpaired) electrons. The van der Waals surface area contributed by atoms with Crippen LogP contribution in [0.2, 0.25) is 0 Å². The molecule has 3 N–H and O–H groups in total. The molecular formula is C37H80N2. The van der Waals surface area contributed by atoms with Gasteiger partial charge >= 0.3 is 0 Å². The van der Waals surface area contributed by atoms with Crippen molar-refractivity contribution in [2.45, 2.75) is 219 Å². The van der Waals surface area contributed by atoms with Gasteiger partial charge in [0.25, 0.3) is 0 Å². The van der Waals surface area contributed by atoms with Gasteiger partial charge in [-0.15, -0.1) is 0 Å². The third-order valence-electron chi connectivity index (χ3n) is 8.41. The Balaban J connectivity index is 0. The number of hydrogen-bond donors (Lipinski definition) is 2. The van der Waals surface area contributed by atoms with Crippen LogP contribution in [0.4, 0.5) is 0 Å². The molecule has 0 fully saturated rings. The zero-order valence-corrected chi connectivity index (χ0v) is 28.1. The molecule has 238 valence electrons. The summed E-state index contributed by atoms with van der Waals surface area (Å²) < 4.78 is 0. The maximum Gasteiger partial charge on any atom is -0.00489 e. The van der Waals surface area contributed by atoms with Crippen LogP contribution in [-0.4, -0.2) is 20.1 Å². The summed E-state index contributed by atoms with van der Waals surface area (Å²) >= 11 is 0. The highest BCUT2D eigenvalue weighted by Crippen LogP contribution is 2.15. The normalized spacial score (nSPS) is 11.1. The van der Waals surface area contributed by atoms with Gasteiger partial charge < -0.3 is 11.1 Å². The van der Waals surface area contributed by atoms with Crippen LogP contribution in [0.1, 0.15) is 219 Å². The Morgan fingerprint density at radius 1 is 0.256 bits per heavy atom. The van der Waals surface area contributed by atoms with Gasteiger partial charge in [-0.05, 0) is 33.0 Å². The van der Waals surface area contributed by atoms with Gasteiger partial charge in [-0.1, -0.05) is 206 Å². The first-order chi connectivity index (χ1) is 19.4. The maximum absolute atomic E-state index is 4.50. The summed E-state index contributed by atoms with van der Waals surface area (Å²) in [6.45, 7) is 7.11. The fraction of sp³-hybridized carbons (Fsp3) is 1.00. The highest BCUT2D eigenvalue weighted by Gasteiger charge is 1.97. The molecule has 0 rings (SSSR count). The molecule has 0 amide bonds. The summed E-state index contributed by atoms with van der Waals surface area (Å²) in [4.78, 5) is 0. The lowest BCUT2D eigenvalue weighted by atomic mass is 10.0. The lowest BCUT2D eigenvalue weighted by Gasteiger charge is -2.06. The van der Waals surface area contributed by atoms with Gasteiger partial charge in [0, 0.05) is 0 Å². The second-order valence-electron chi connectivity index (χ2n) is 12.4. The van der Waals surface area contributed by atoms with Crippen molar-refractivity contribution >= 4 is 0 Å². The average molecular weight is 553 g/mol. The topological polar surface area (TPSA) is 38.0 Å². The number of hydrogen-bond acceptors (Lipinski definition) is 2. The minimum Gasteiger partial charge on any atom is -0.333 e. The average Bonchev–Trinajstić information content (AvgIpc) is 2.96. The summed E-state index contributed by atoms with van der Waals surface area (Å²) in [5.74, 6) is 0. The van der Waals surface area contributed by atoms with Crippen molar-refractivity contribution in [2.24, 2.45) is 5.73 Å². The molecule has 0 bridgehead atoms. The van der Waals surface area contributed by atoms with Crippen LogP contribution in [-0.2, 0) is 0 Å². The predicted molar refractivity (Wildman–Crippen MR) is 182 cm³/mol. The van der Waals surface area contributed by atoms with E-state index in [0.717, 1.165) is 0 Å². The third-order valence-corrected chi connectivity index (χ3v) is 8.41. The Bertz CT molecular complexity index is 336. The Kier molecular flexibility index (Phi) is 44.6. The summed E-state index contributed by atoms with van der Waals surface area (Å²) in [7, 11) is 1.50. The van der Waals surface area contributed by atoms with E-state index in [0.29, 0.717) is 0 Å². The Labute approximate surface area is 250 Å². The van der Waals surface area contributed by atoms with Gasteiger partial charge in [0.1, 0.15) is 0 Å². The number of nitrogens with two attached hydrogens (primary N) is 1. The molecule has 0 spiro atoms. The zero-order chi connectivity index (χ0) is 28.7. The van der Waals surface area contributed by atoms with Gasteiger partial charge in [-0.25, -0.2) is 0 Å². The largest absolute Gasteiger partial charge is 0.333 e. The van der Waals surface area contributed by atoms with Crippen LogP contribution in [0.25, 0.3) is 0 Å². The number of unbranched alkanes of at least 4 members (excludes halogenated alkanes) is 30. The van der Waals surface area contributed by atoms with Crippen molar-refractivity contribution in [3.63, 3.8) is 0 Å². The minimum atomic E-state index is 1.25. The summed E-state index contributed by atoms with van der Waals surface area (Å²) in [5, 5.41) is 3.68. The van der Waals surface area contributed by atoms with Gasteiger partial charge in [0.05, 0.1) is 0 Å². The van der Waals surface area contributed by atoms with E-state index in [1.807, 2.05) is 0 Å². The van der Waals surface area contributed by atoms with Crippen LogP contribution in [0.3, 0.4) is 0 Å². The summed E-state index contributed by atoms with van der Waals surface area (Å²) in [6.07, 6.45) is 46.7. The smallest absolute Gasteiger partial charge is 0.00489 e. The van der Waals surface area contributed by atoms with Gasteiger partial charge in [-0.3, -0.25) is 0 Å². The maximum atomic E-state index is 4.50. The third kappa shape index (κ3) is 42.5. The predicted octanol–water partition coefficient (Wildman–Crippen LogP) is 12.7. The molecule has 0 aromatic rings. The van der Waals surface area contributed by atoms with E-state index < -0.39 is 0 Å². The molecule has 39 heavy (non-hydrogen) atoms. The molecule has 0 aromatic carbocycles. The Morgan fingerprint density at radius 3 is 0.590 bits per heavy atom.